The lowest BCUT2D eigenvalue weighted by Gasteiger charge is -2.32. The highest BCUT2D eigenvalue weighted by atomic mass is 16.5. The molecule has 130 valence electrons. The third-order valence-corrected chi connectivity index (χ3v) is 4.60. The maximum atomic E-state index is 5.92. The maximum Gasteiger partial charge on any atom is 0.155 e. The van der Waals surface area contributed by atoms with Gasteiger partial charge in [0, 0.05) is 37.1 Å². The summed E-state index contributed by atoms with van der Waals surface area (Å²) in [4.78, 5) is 11.6. The van der Waals surface area contributed by atoms with Crippen molar-refractivity contribution in [3.05, 3.63) is 53.7 Å². The summed E-state index contributed by atoms with van der Waals surface area (Å²) in [5, 5.41) is 8.52. The molecule has 1 aromatic carbocycles. The number of rotatable bonds is 4. The number of benzene rings is 1. The number of hydrogen-bond acceptors (Lipinski definition) is 5. The van der Waals surface area contributed by atoms with Crippen LogP contribution in [0.1, 0.15) is 43.1 Å². The molecule has 3 aromatic rings. The lowest BCUT2D eigenvalue weighted by molar-refractivity contribution is -0.0369. The van der Waals surface area contributed by atoms with Crippen LogP contribution in [0.4, 0.5) is 0 Å². The molecular formula is C19H23N5O. The number of nitrogens with zero attached hydrogens (tertiary/aromatic N) is 4. The van der Waals surface area contributed by atoms with Gasteiger partial charge in [-0.3, -0.25) is 15.0 Å². The zero-order valence-corrected chi connectivity index (χ0v) is 14.6. The summed E-state index contributed by atoms with van der Waals surface area (Å²) < 4.78 is 5.92. The molecule has 0 aliphatic carbocycles. The fourth-order valence-corrected chi connectivity index (χ4v) is 3.24. The number of fused-ring (bicyclic) bond motifs is 1. The first-order valence-corrected chi connectivity index (χ1v) is 8.79. The molecule has 1 aliphatic rings. The topological polar surface area (TPSA) is 66.9 Å². The van der Waals surface area contributed by atoms with Crippen LogP contribution < -0.4 is 0 Å². The number of nitrogens with one attached hydrogen (secondary N) is 1. The molecule has 1 N–H and O–H groups in total. The predicted molar refractivity (Wildman–Crippen MR) is 96.2 cm³/mol. The van der Waals surface area contributed by atoms with Crippen molar-refractivity contribution < 1.29 is 4.74 Å². The molecule has 0 unspecified atom stereocenters. The first-order valence-electron chi connectivity index (χ1n) is 8.79. The van der Waals surface area contributed by atoms with E-state index in [2.05, 4.69) is 63.2 Å². The second-order valence-electron chi connectivity index (χ2n) is 6.82. The standard InChI is InChI=1S/C19H23N5O/c1-13(2)18-21-19(23-22-18)16-12-24(9-10-25-16)11-15-6-3-5-14-7-4-8-20-17(14)15/h3-8,13,16H,9-12H2,1-2H3,(H,21,22,23)/t16-/m1/s1. The van der Waals surface area contributed by atoms with Crippen molar-refractivity contribution >= 4 is 10.9 Å². The summed E-state index contributed by atoms with van der Waals surface area (Å²) >= 11 is 0. The van der Waals surface area contributed by atoms with E-state index in [0.29, 0.717) is 12.5 Å². The normalized spacial score (nSPS) is 18.9. The van der Waals surface area contributed by atoms with Crippen molar-refractivity contribution in [2.45, 2.75) is 32.4 Å². The molecule has 6 nitrogen and oxygen atoms in total. The van der Waals surface area contributed by atoms with Gasteiger partial charge in [-0.05, 0) is 11.6 Å². The second kappa shape index (κ2) is 6.90. The quantitative estimate of drug-likeness (QED) is 0.792. The van der Waals surface area contributed by atoms with E-state index >= 15 is 0 Å². The molecule has 0 bridgehead atoms. The highest BCUT2D eigenvalue weighted by Crippen LogP contribution is 2.24. The third kappa shape index (κ3) is 3.41. The van der Waals surface area contributed by atoms with Gasteiger partial charge >= 0.3 is 0 Å². The Bertz CT molecular complexity index is 854. The van der Waals surface area contributed by atoms with Crippen molar-refractivity contribution in [2.24, 2.45) is 0 Å². The second-order valence-corrected chi connectivity index (χ2v) is 6.82. The Morgan fingerprint density at radius 3 is 3.00 bits per heavy atom. The Labute approximate surface area is 147 Å². The minimum absolute atomic E-state index is 0.0586. The van der Waals surface area contributed by atoms with Crippen LogP contribution >= 0.6 is 0 Å². The van der Waals surface area contributed by atoms with Gasteiger partial charge in [-0.25, -0.2) is 4.98 Å². The fraction of sp³-hybridized carbons (Fsp3) is 0.421. The number of aromatic amines is 1. The summed E-state index contributed by atoms with van der Waals surface area (Å²) in [6, 6.07) is 10.5. The summed E-state index contributed by atoms with van der Waals surface area (Å²) in [7, 11) is 0. The molecule has 0 spiro atoms. The summed E-state index contributed by atoms with van der Waals surface area (Å²) in [5.41, 5.74) is 2.33. The molecule has 25 heavy (non-hydrogen) atoms. The number of pyridine rings is 1. The predicted octanol–water partition coefficient (Wildman–Crippen LogP) is 3.05. The smallest absolute Gasteiger partial charge is 0.155 e. The molecule has 0 saturated carbocycles. The highest BCUT2D eigenvalue weighted by Gasteiger charge is 2.25. The van der Waals surface area contributed by atoms with Gasteiger partial charge < -0.3 is 4.74 Å². The molecule has 1 atom stereocenters. The average molecular weight is 337 g/mol. The molecule has 6 heteroatoms. The van der Waals surface area contributed by atoms with E-state index in [4.69, 9.17) is 4.74 Å². The maximum absolute atomic E-state index is 5.92. The minimum atomic E-state index is -0.0586. The highest BCUT2D eigenvalue weighted by molar-refractivity contribution is 5.81. The minimum Gasteiger partial charge on any atom is -0.368 e. The summed E-state index contributed by atoms with van der Waals surface area (Å²) in [5.74, 6) is 1.98. The zero-order chi connectivity index (χ0) is 17.2. The van der Waals surface area contributed by atoms with Gasteiger partial charge in [0.05, 0.1) is 12.1 Å². The largest absolute Gasteiger partial charge is 0.368 e. The Hall–Kier alpha value is -2.31. The van der Waals surface area contributed by atoms with E-state index in [-0.39, 0.29) is 6.10 Å². The molecule has 1 fully saturated rings. The number of hydrogen-bond donors (Lipinski definition) is 1. The van der Waals surface area contributed by atoms with Gasteiger partial charge in [0.15, 0.2) is 11.6 Å². The Morgan fingerprint density at radius 1 is 1.28 bits per heavy atom. The van der Waals surface area contributed by atoms with Crippen molar-refractivity contribution in [2.75, 3.05) is 19.7 Å². The Morgan fingerprint density at radius 2 is 2.16 bits per heavy atom. The molecule has 4 rings (SSSR count). The monoisotopic (exact) mass is 337 g/mol. The van der Waals surface area contributed by atoms with Crippen molar-refractivity contribution in [3.8, 4) is 0 Å². The van der Waals surface area contributed by atoms with Crippen LogP contribution in [-0.4, -0.2) is 44.8 Å². The molecule has 0 amide bonds. The number of para-hydroxylation sites is 1. The molecule has 0 radical (unpaired) electrons. The van der Waals surface area contributed by atoms with E-state index in [1.54, 1.807) is 0 Å². The molecular weight excluding hydrogens is 314 g/mol. The van der Waals surface area contributed by atoms with E-state index in [1.807, 2.05) is 12.3 Å². The van der Waals surface area contributed by atoms with Gasteiger partial charge in [-0.1, -0.05) is 38.1 Å². The molecule has 3 heterocycles. The van der Waals surface area contributed by atoms with Gasteiger partial charge in [0.2, 0.25) is 0 Å². The van der Waals surface area contributed by atoms with Gasteiger partial charge in [0.1, 0.15) is 6.10 Å². The molecule has 1 saturated heterocycles. The molecule has 2 aromatic heterocycles. The van der Waals surface area contributed by atoms with E-state index in [0.717, 1.165) is 36.8 Å². The first-order chi connectivity index (χ1) is 12.2. The van der Waals surface area contributed by atoms with Crippen molar-refractivity contribution in [1.82, 2.24) is 25.1 Å². The number of ether oxygens (including phenoxy) is 1. The summed E-state index contributed by atoms with van der Waals surface area (Å²) in [6.45, 7) is 7.45. The number of H-pyrrole nitrogens is 1. The van der Waals surface area contributed by atoms with Crippen LogP contribution in [0.3, 0.4) is 0 Å². The van der Waals surface area contributed by atoms with E-state index in [9.17, 15) is 0 Å². The van der Waals surface area contributed by atoms with E-state index in [1.165, 1.54) is 10.9 Å². The van der Waals surface area contributed by atoms with Gasteiger partial charge in [0.25, 0.3) is 0 Å². The van der Waals surface area contributed by atoms with E-state index < -0.39 is 0 Å². The lowest BCUT2D eigenvalue weighted by Crippen LogP contribution is -2.38. The zero-order valence-electron chi connectivity index (χ0n) is 14.6. The summed E-state index contributed by atoms with van der Waals surface area (Å²) in [6.07, 6.45) is 1.80. The Balaban J connectivity index is 1.51. The van der Waals surface area contributed by atoms with Crippen molar-refractivity contribution in [1.29, 1.82) is 0 Å². The van der Waals surface area contributed by atoms with Crippen LogP contribution in [0, 0.1) is 0 Å². The van der Waals surface area contributed by atoms with Crippen LogP contribution in [0.5, 0.6) is 0 Å². The SMILES string of the molecule is CC(C)c1n[nH]c([C@H]2CN(Cc3cccc4cccnc34)CCO2)n1. The molecule has 1 aliphatic heterocycles. The fourth-order valence-electron chi connectivity index (χ4n) is 3.24. The van der Waals surface area contributed by atoms with Gasteiger partial charge in [-0.15, -0.1) is 0 Å². The lowest BCUT2D eigenvalue weighted by atomic mass is 10.1. The average Bonchev–Trinajstić information content (AvgIpc) is 3.13. The van der Waals surface area contributed by atoms with Gasteiger partial charge in [-0.2, -0.15) is 5.10 Å². The third-order valence-electron chi connectivity index (χ3n) is 4.60. The number of aromatic nitrogens is 4. The van der Waals surface area contributed by atoms with Crippen LogP contribution in [0.15, 0.2) is 36.5 Å². The van der Waals surface area contributed by atoms with Crippen LogP contribution in [0.2, 0.25) is 0 Å². The van der Waals surface area contributed by atoms with Crippen LogP contribution in [0.25, 0.3) is 10.9 Å². The van der Waals surface area contributed by atoms with Crippen LogP contribution in [-0.2, 0) is 11.3 Å². The van der Waals surface area contributed by atoms with Crippen molar-refractivity contribution in [3.63, 3.8) is 0 Å². The first kappa shape index (κ1) is 16.2. The Kier molecular flexibility index (Phi) is 4.46. The number of morpholine rings is 1.